The van der Waals surface area contributed by atoms with Crippen molar-refractivity contribution in [3.63, 3.8) is 0 Å². The predicted octanol–water partition coefficient (Wildman–Crippen LogP) is 3.37. The normalized spacial score (nSPS) is 12.1. The van der Waals surface area contributed by atoms with Crippen molar-refractivity contribution in [1.82, 2.24) is 4.57 Å². The van der Waals surface area contributed by atoms with Gasteiger partial charge in [-0.3, -0.25) is 0 Å². The third kappa shape index (κ3) is 2.15. The third-order valence-corrected chi connectivity index (χ3v) is 2.54. The molecule has 0 aliphatic rings. The van der Waals surface area contributed by atoms with Crippen molar-refractivity contribution in [2.45, 2.75) is 53.0 Å². The summed E-state index contributed by atoms with van der Waals surface area (Å²) >= 11 is 0. The Morgan fingerprint density at radius 1 is 1.00 bits per heavy atom. The van der Waals surface area contributed by atoms with Gasteiger partial charge in [-0.1, -0.05) is 13.8 Å². The summed E-state index contributed by atoms with van der Waals surface area (Å²) in [5, 5.41) is 0. The maximum Gasteiger partial charge on any atom is 0.0355 e. The highest BCUT2D eigenvalue weighted by atomic mass is 15.0. The minimum atomic E-state index is 0.220. The number of aromatic nitrogens is 1. The van der Waals surface area contributed by atoms with E-state index >= 15 is 0 Å². The zero-order valence-electron chi connectivity index (χ0n) is 9.52. The average Bonchev–Trinajstić information content (AvgIpc) is 2.45. The maximum atomic E-state index is 2.32. The highest BCUT2D eigenvalue weighted by Gasteiger charge is 2.14. The molecule has 1 rings (SSSR count). The minimum Gasteiger partial charge on any atom is -0.349 e. The van der Waals surface area contributed by atoms with Crippen LogP contribution in [-0.2, 0) is 18.4 Å². The average molecular weight is 179 g/mol. The second kappa shape index (κ2) is 3.57. The van der Waals surface area contributed by atoms with Gasteiger partial charge in [0.1, 0.15) is 0 Å². The van der Waals surface area contributed by atoms with Crippen LogP contribution in [0.2, 0.25) is 0 Å². The lowest BCUT2D eigenvalue weighted by Crippen LogP contribution is -2.19. The monoisotopic (exact) mass is 179 g/mol. The summed E-state index contributed by atoms with van der Waals surface area (Å²) in [5.41, 5.74) is 3.21. The number of rotatable bonds is 2. The molecule has 1 nitrogen and oxygen atoms in total. The summed E-state index contributed by atoms with van der Waals surface area (Å²) in [7, 11) is 0. The van der Waals surface area contributed by atoms with E-state index in [1.165, 1.54) is 11.1 Å². The molecule has 1 aromatic rings. The van der Waals surface area contributed by atoms with Crippen LogP contribution in [0.1, 0.15) is 45.7 Å². The Labute approximate surface area is 81.8 Å². The molecule has 1 heteroatoms. The Balaban J connectivity index is 3.07. The molecule has 0 aliphatic heterocycles. The van der Waals surface area contributed by atoms with E-state index in [-0.39, 0.29) is 5.54 Å². The summed E-state index contributed by atoms with van der Waals surface area (Å²) in [6.07, 6.45) is 6.87. The van der Waals surface area contributed by atoms with Gasteiger partial charge in [0.2, 0.25) is 0 Å². The second-order valence-corrected chi connectivity index (χ2v) is 4.59. The van der Waals surface area contributed by atoms with E-state index in [2.05, 4.69) is 51.6 Å². The van der Waals surface area contributed by atoms with Gasteiger partial charge in [0.25, 0.3) is 0 Å². The van der Waals surface area contributed by atoms with Gasteiger partial charge in [-0.2, -0.15) is 0 Å². The minimum absolute atomic E-state index is 0.220. The Hall–Kier alpha value is -0.720. The SMILES string of the molecule is CCc1cn(C(C)(C)C)cc1CC. The van der Waals surface area contributed by atoms with Crippen LogP contribution >= 0.6 is 0 Å². The Morgan fingerprint density at radius 2 is 1.38 bits per heavy atom. The van der Waals surface area contributed by atoms with Crippen LogP contribution in [0.5, 0.6) is 0 Å². The van der Waals surface area contributed by atoms with Crippen molar-refractivity contribution in [3.8, 4) is 0 Å². The molecular formula is C12H21N. The first-order valence-corrected chi connectivity index (χ1v) is 5.19. The van der Waals surface area contributed by atoms with Gasteiger partial charge in [0, 0.05) is 17.9 Å². The van der Waals surface area contributed by atoms with Crippen molar-refractivity contribution in [2.24, 2.45) is 0 Å². The fourth-order valence-electron chi connectivity index (χ4n) is 1.56. The molecule has 0 aliphatic carbocycles. The van der Waals surface area contributed by atoms with Gasteiger partial charge in [0.05, 0.1) is 0 Å². The number of nitrogens with zero attached hydrogens (tertiary/aromatic N) is 1. The van der Waals surface area contributed by atoms with Gasteiger partial charge >= 0.3 is 0 Å². The molecule has 0 N–H and O–H groups in total. The van der Waals surface area contributed by atoms with E-state index in [0.717, 1.165) is 12.8 Å². The van der Waals surface area contributed by atoms with Gasteiger partial charge in [-0.25, -0.2) is 0 Å². The number of hydrogen-bond donors (Lipinski definition) is 0. The quantitative estimate of drug-likeness (QED) is 0.656. The van der Waals surface area contributed by atoms with E-state index in [0.29, 0.717) is 0 Å². The zero-order valence-corrected chi connectivity index (χ0v) is 9.52. The van der Waals surface area contributed by atoms with Crippen LogP contribution in [0.15, 0.2) is 12.4 Å². The van der Waals surface area contributed by atoms with Crippen LogP contribution in [0.4, 0.5) is 0 Å². The van der Waals surface area contributed by atoms with E-state index in [9.17, 15) is 0 Å². The van der Waals surface area contributed by atoms with E-state index in [4.69, 9.17) is 0 Å². The first-order valence-electron chi connectivity index (χ1n) is 5.19. The molecule has 0 unspecified atom stereocenters. The molecule has 0 saturated heterocycles. The van der Waals surface area contributed by atoms with Crippen molar-refractivity contribution >= 4 is 0 Å². The second-order valence-electron chi connectivity index (χ2n) is 4.59. The molecule has 0 radical (unpaired) electrons. The van der Waals surface area contributed by atoms with E-state index in [1.807, 2.05) is 0 Å². The van der Waals surface area contributed by atoms with Crippen molar-refractivity contribution in [3.05, 3.63) is 23.5 Å². The standard InChI is InChI=1S/C12H21N/c1-6-10-8-13(12(3,4)5)9-11(10)7-2/h8-9H,6-7H2,1-5H3. The summed E-state index contributed by atoms with van der Waals surface area (Å²) < 4.78 is 2.32. The lowest BCUT2D eigenvalue weighted by atomic mass is 10.1. The van der Waals surface area contributed by atoms with Crippen LogP contribution in [0.25, 0.3) is 0 Å². The summed E-state index contributed by atoms with van der Waals surface area (Å²) in [6, 6.07) is 0. The molecule has 0 bridgehead atoms. The van der Waals surface area contributed by atoms with Crippen LogP contribution < -0.4 is 0 Å². The van der Waals surface area contributed by atoms with Gasteiger partial charge < -0.3 is 4.57 Å². The molecule has 1 aromatic heterocycles. The topological polar surface area (TPSA) is 4.93 Å². The fraction of sp³-hybridized carbons (Fsp3) is 0.667. The smallest absolute Gasteiger partial charge is 0.0355 e. The first-order chi connectivity index (χ1) is 5.99. The molecule has 1 heterocycles. The third-order valence-electron chi connectivity index (χ3n) is 2.54. The number of aryl methyl sites for hydroxylation is 2. The largest absolute Gasteiger partial charge is 0.349 e. The Morgan fingerprint density at radius 3 is 1.62 bits per heavy atom. The van der Waals surface area contributed by atoms with Gasteiger partial charge in [0.15, 0.2) is 0 Å². The van der Waals surface area contributed by atoms with E-state index in [1.54, 1.807) is 0 Å². The summed E-state index contributed by atoms with van der Waals surface area (Å²) in [6.45, 7) is 11.2. The lowest BCUT2D eigenvalue weighted by molar-refractivity contribution is 0.397. The Bertz CT molecular complexity index is 254. The first kappa shape index (κ1) is 10.4. The van der Waals surface area contributed by atoms with Gasteiger partial charge in [-0.15, -0.1) is 0 Å². The maximum absolute atomic E-state index is 2.32. The summed E-state index contributed by atoms with van der Waals surface area (Å²) in [4.78, 5) is 0. The fourth-order valence-corrected chi connectivity index (χ4v) is 1.56. The van der Waals surface area contributed by atoms with Crippen molar-refractivity contribution < 1.29 is 0 Å². The molecular weight excluding hydrogens is 158 g/mol. The van der Waals surface area contributed by atoms with Crippen LogP contribution in [-0.4, -0.2) is 4.57 Å². The predicted molar refractivity (Wildman–Crippen MR) is 58.2 cm³/mol. The lowest BCUT2D eigenvalue weighted by Gasteiger charge is -2.20. The molecule has 0 spiro atoms. The highest BCUT2D eigenvalue weighted by molar-refractivity contribution is 5.25. The molecule has 74 valence electrons. The molecule has 0 saturated carbocycles. The summed E-state index contributed by atoms with van der Waals surface area (Å²) in [5.74, 6) is 0. The van der Waals surface area contributed by atoms with Crippen molar-refractivity contribution in [2.75, 3.05) is 0 Å². The Kier molecular flexibility index (Phi) is 2.84. The van der Waals surface area contributed by atoms with Crippen LogP contribution in [0, 0.1) is 0 Å². The van der Waals surface area contributed by atoms with E-state index < -0.39 is 0 Å². The molecule has 0 atom stereocenters. The zero-order chi connectivity index (χ0) is 10.1. The van der Waals surface area contributed by atoms with Crippen LogP contribution in [0.3, 0.4) is 0 Å². The highest BCUT2D eigenvalue weighted by Crippen LogP contribution is 2.20. The number of hydrogen-bond acceptors (Lipinski definition) is 0. The van der Waals surface area contributed by atoms with Crippen molar-refractivity contribution in [1.29, 1.82) is 0 Å². The molecule has 0 fully saturated rings. The molecule has 13 heavy (non-hydrogen) atoms. The van der Waals surface area contributed by atoms with Gasteiger partial charge in [-0.05, 0) is 44.7 Å². The molecule has 0 amide bonds. The molecule has 0 aromatic carbocycles.